The van der Waals surface area contributed by atoms with Gasteiger partial charge in [0.1, 0.15) is 0 Å². The standard InChI is InChI=1S/C16H18N2/c1-2-4-13(5-3-1)6-7-16-15-12-17-10-8-14(15)9-11-18-16/h1-5,8,10,12,16,18H,6-7,9,11H2. The summed E-state index contributed by atoms with van der Waals surface area (Å²) >= 11 is 0. The average molecular weight is 238 g/mol. The number of fused-ring (bicyclic) bond motifs is 1. The van der Waals surface area contributed by atoms with Crippen LogP contribution in [0.15, 0.2) is 48.8 Å². The summed E-state index contributed by atoms with van der Waals surface area (Å²) in [5.41, 5.74) is 4.26. The maximum absolute atomic E-state index is 4.26. The van der Waals surface area contributed by atoms with E-state index in [1.807, 2.05) is 12.4 Å². The number of hydrogen-bond acceptors (Lipinski definition) is 2. The molecule has 0 bridgehead atoms. The molecule has 0 amide bonds. The van der Waals surface area contributed by atoms with Crippen molar-refractivity contribution in [2.75, 3.05) is 6.54 Å². The summed E-state index contributed by atoms with van der Waals surface area (Å²) in [6, 6.07) is 13.3. The Labute approximate surface area is 108 Å². The molecular formula is C16H18N2. The second-order valence-corrected chi connectivity index (χ2v) is 4.86. The molecule has 1 aliphatic heterocycles. The number of nitrogens with one attached hydrogen (secondary N) is 1. The molecule has 0 radical (unpaired) electrons. The zero-order chi connectivity index (χ0) is 12.2. The highest BCUT2D eigenvalue weighted by Crippen LogP contribution is 2.25. The van der Waals surface area contributed by atoms with Crippen molar-refractivity contribution >= 4 is 0 Å². The summed E-state index contributed by atoms with van der Waals surface area (Å²) in [4.78, 5) is 4.26. The van der Waals surface area contributed by atoms with Crippen LogP contribution in [0, 0.1) is 0 Å². The zero-order valence-corrected chi connectivity index (χ0v) is 10.5. The van der Waals surface area contributed by atoms with Crippen LogP contribution < -0.4 is 5.32 Å². The SMILES string of the molecule is c1ccc(CCC2NCCc3ccncc32)cc1. The third-order valence-electron chi connectivity index (χ3n) is 3.67. The van der Waals surface area contributed by atoms with E-state index in [1.165, 1.54) is 16.7 Å². The van der Waals surface area contributed by atoms with Crippen molar-refractivity contribution in [2.24, 2.45) is 0 Å². The monoisotopic (exact) mass is 238 g/mol. The Kier molecular flexibility index (Phi) is 3.37. The number of pyridine rings is 1. The summed E-state index contributed by atoms with van der Waals surface area (Å²) in [7, 11) is 0. The summed E-state index contributed by atoms with van der Waals surface area (Å²) < 4.78 is 0. The fraction of sp³-hybridized carbons (Fsp3) is 0.312. The number of nitrogens with zero attached hydrogens (tertiary/aromatic N) is 1. The van der Waals surface area contributed by atoms with Crippen LogP contribution in [-0.4, -0.2) is 11.5 Å². The zero-order valence-electron chi connectivity index (χ0n) is 10.5. The topological polar surface area (TPSA) is 24.9 Å². The number of benzene rings is 1. The van der Waals surface area contributed by atoms with Crippen molar-refractivity contribution in [1.82, 2.24) is 10.3 Å². The lowest BCUT2D eigenvalue weighted by atomic mass is 9.92. The van der Waals surface area contributed by atoms with E-state index in [-0.39, 0.29) is 0 Å². The molecule has 3 rings (SSSR count). The fourth-order valence-electron chi connectivity index (χ4n) is 2.68. The lowest BCUT2D eigenvalue weighted by Gasteiger charge is -2.26. The second-order valence-electron chi connectivity index (χ2n) is 4.86. The van der Waals surface area contributed by atoms with Crippen molar-refractivity contribution in [3.05, 3.63) is 65.5 Å². The van der Waals surface area contributed by atoms with Crippen LogP contribution in [0.25, 0.3) is 0 Å². The Morgan fingerprint density at radius 3 is 2.94 bits per heavy atom. The largest absolute Gasteiger partial charge is 0.310 e. The Balaban J connectivity index is 1.71. The summed E-state index contributed by atoms with van der Waals surface area (Å²) in [5, 5.41) is 3.61. The quantitative estimate of drug-likeness (QED) is 0.889. The van der Waals surface area contributed by atoms with Crippen LogP contribution in [0.4, 0.5) is 0 Å². The molecule has 1 aromatic heterocycles. The minimum Gasteiger partial charge on any atom is -0.310 e. The second kappa shape index (κ2) is 5.32. The smallest absolute Gasteiger partial charge is 0.0341 e. The van der Waals surface area contributed by atoms with E-state index in [4.69, 9.17) is 0 Å². The van der Waals surface area contributed by atoms with Crippen LogP contribution in [0.3, 0.4) is 0 Å². The van der Waals surface area contributed by atoms with Gasteiger partial charge in [0.2, 0.25) is 0 Å². The maximum atomic E-state index is 4.26. The molecule has 0 saturated heterocycles. The minimum absolute atomic E-state index is 0.461. The average Bonchev–Trinajstić information content (AvgIpc) is 2.46. The number of aryl methyl sites for hydroxylation is 1. The molecule has 1 unspecified atom stereocenters. The first-order chi connectivity index (χ1) is 8.93. The van der Waals surface area contributed by atoms with Crippen molar-refractivity contribution in [2.45, 2.75) is 25.3 Å². The van der Waals surface area contributed by atoms with Gasteiger partial charge in [0.25, 0.3) is 0 Å². The molecular weight excluding hydrogens is 220 g/mol. The lowest BCUT2D eigenvalue weighted by molar-refractivity contribution is 0.474. The first-order valence-corrected chi connectivity index (χ1v) is 6.63. The summed E-state index contributed by atoms with van der Waals surface area (Å²) in [6.07, 6.45) is 7.31. The van der Waals surface area contributed by atoms with Crippen molar-refractivity contribution < 1.29 is 0 Å². The van der Waals surface area contributed by atoms with Gasteiger partial charge in [-0.05, 0) is 48.6 Å². The van der Waals surface area contributed by atoms with Gasteiger partial charge in [-0.15, -0.1) is 0 Å². The molecule has 2 aromatic rings. The molecule has 2 nitrogen and oxygen atoms in total. The summed E-state index contributed by atoms with van der Waals surface area (Å²) in [6.45, 7) is 1.08. The lowest BCUT2D eigenvalue weighted by Crippen LogP contribution is -2.30. The molecule has 0 aliphatic carbocycles. The van der Waals surface area contributed by atoms with Gasteiger partial charge in [0, 0.05) is 18.4 Å². The molecule has 92 valence electrons. The maximum Gasteiger partial charge on any atom is 0.0341 e. The highest BCUT2D eigenvalue weighted by Gasteiger charge is 2.18. The van der Waals surface area contributed by atoms with E-state index in [2.05, 4.69) is 46.7 Å². The van der Waals surface area contributed by atoms with E-state index in [0.29, 0.717) is 6.04 Å². The molecule has 1 atom stereocenters. The first-order valence-electron chi connectivity index (χ1n) is 6.63. The molecule has 1 aromatic carbocycles. The van der Waals surface area contributed by atoms with Crippen molar-refractivity contribution in [3.8, 4) is 0 Å². The third-order valence-corrected chi connectivity index (χ3v) is 3.67. The highest BCUT2D eigenvalue weighted by atomic mass is 14.9. The molecule has 0 fully saturated rings. The normalized spacial score (nSPS) is 18.3. The predicted molar refractivity (Wildman–Crippen MR) is 73.4 cm³/mol. The van der Waals surface area contributed by atoms with Crippen LogP contribution in [-0.2, 0) is 12.8 Å². The van der Waals surface area contributed by atoms with Gasteiger partial charge in [-0.1, -0.05) is 30.3 Å². The molecule has 2 heterocycles. The molecule has 0 saturated carbocycles. The van der Waals surface area contributed by atoms with E-state index in [1.54, 1.807) is 0 Å². The fourth-order valence-corrected chi connectivity index (χ4v) is 2.68. The van der Waals surface area contributed by atoms with Crippen molar-refractivity contribution in [1.29, 1.82) is 0 Å². The predicted octanol–water partition coefficient (Wildman–Crippen LogP) is 2.90. The first kappa shape index (κ1) is 11.4. The van der Waals surface area contributed by atoms with Crippen LogP contribution >= 0.6 is 0 Å². The number of hydrogen-bond donors (Lipinski definition) is 1. The van der Waals surface area contributed by atoms with Gasteiger partial charge in [-0.3, -0.25) is 4.98 Å². The Hall–Kier alpha value is -1.67. The minimum atomic E-state index is 0.461. The van der Waals surface area contributed by atoms with Gasteiger partial charge in [0.15, 0.2) is 0 Å². The number of rotatable bonds is 3. The highest BCUT2D eigenvalue weighted by molar-refractivity contribution is 5.29. The third kappa shape index (κ3) is 2.44. The van der Waals surface area contributed by atoms with E-state index in [0.717, 1.165) is 25.8 Å². The van der Waals surface area contributed by atoms with Crippen LogP contribution in [0.5, 0.6) is 0 Å². The van der Waals surface area contributed by atoms with Crippen molar-refractivity contribution in [3.63, 3.8) is 0 Å². The van der Waals surface area contributed by atoms with Gasteiger partial charge in [0.05, 0.1) is 0 Å². The van der Waals surface area contributed by atoms with Crippen LogP contribution in [0.2, 0.25) is 0 Å². The van der Waals surface area contributed by atoms with Gasteiger partial charge in [-0.25, -0.2) is 0 Å². The Bertz CT molecular complexity index is 508. The number of aromatic nitrogens is 1. The molecule has 1 N–H and O–H groups in total. The Morgan fingerprint density at radius 1 is 1.17 bits per heavy atom. The van der Waals surface area contributed by atoms with E-state index < -0.39 is 0 Å². The molecule has 2 heteroatoms. The van der Waals surface area contributed by atoms with E-state index >= 15 is 0 Å². The molecule has 1 aliphatic rings. The van der Waals surface area contributed by atoms with Crippen LogP contribution in [0.1, 0.15) is 29.2 Å². The molecule has 0 spiro atoms. The van der Waals surface area contributed by atoms with E-state index in [9.17, 15) is 0 Å². The Morgan fingerprint density at radius 2 is 2.06 bits per heavy atom. The van der Waals surface area contributed by atoms with Gasteiger partial charge < -0.3 is 5.32 Å². The van der Waals surface area contributed by atoms with Gasteiger partial charge >= 0.3 is 0 Å². The van der Waals surface area contributed by atoms with Gasteiger partial charge in [-0.2, -0.15) is 0 Å². The summed E-state index contributed by atoms with van der Waals surface area (Å²) in [5.74, 6) is 0. The molecule has 18 heavy (non-hydrogen) atoms.